The molecule has 1 heterocycles. The molecule has 184 valence electrons. The Morgan fingerprint density at radius 2 is 1.54 bits per heavy atom. The molecule has 3 aromatic rings. The Hall–Kier alpha value is -4.18. The van der Waals surface area contributed by atoms with E-state index >= 15 is 0 Å². The zero-order chi connectivity index (χ0) is 25.4. The average Bonchev–Trinajstić information content (AvgIpc) is 3.24. The van der Waals surface area contributed by atoms with Crippen molar-refractivity contribution >= 4 is 34.6 Å². The van der Waals surface area contributed by atoms with Crippen LogP contribution in [0.2, 0.25) is 0 Å². The van der Waals surface area contributed by atoms with Gasteiger partial charge in [-0.2, -0.15) is 0 Å². The Bertz CT molecular complexity index is 1190. The lowest BCUT2D eigenvalue weighted by atomic mass is 10.0. The van der Waals surface area contributed by atoms with Crippen molar-refractivity contribution in [3.05, 3.63) is 71.9 Å². The number of nitrogens with one attached hydrogen (secondary N) is 3. The molecule has 2 aromatic carbocycles. The lowest BCUT2D eigenvalue weighted by Gasteiger charge is -2.23. The van der Waals surface area contributed by atoms with Crippen molar-refractivity contribution in [3.8, 4) is 0 Å². The van der Waals surface area contributed by atoms with E-state index in [9.17, 15) is 19.2 Å². The van der Waals surface area contributed by atoms with Gasteiger partial charge in [-0.3, -0.25) is 19.2 Å². The van der Waals surface area contributed by atoms with Crippen molar-refractivity contribution in [2.75, 3.05) is 0 Å². The highest BCUT2D eigenvalue weighted by molar-refractivity contribution is 5.93. The molecular formula is C25H29N5O5. The van der Waals surface area contributed by atoms with Crippen LogP contribution in [0.3, 0.4) is 0 Å². The number of hydrogen-bond acceptors (Lipinski definition) is 5. The summed E-state index contributed by atoms with van der Waals surface area (Å²) in [6.45, 7) is 0. The van der Waals surface area contributed by atoms with Gasteiger partial charge in [-0.1, -0.05) is 48.5 Å². The molecule has 0 aliphatic rings. The van der Waals surface area contributed by atoms with Crippen LogP contribution in [-0.4, -0.2) is 51.9 Å². The number of benzene rings is 2. The van der Waals surface area contributed by atoms with Crippen LogP contribution in [-0.2, 0) is 32.0 Å². The molecule has 1 aromatic heterocycles. The predicted molar refractivity (Wildman–Crippen MR) is 130 cm³/mol. The summed E-state index contributed by atoms with van der Waals surface area (Å²) >= 11 is 0. The molecule has 0 radical (unpaired) electrons. The third-order valence-corrected chi connectivity index (χ3v) is 5.67. The van der Waals surface area contributed by atoms with E-state index in [0.29, 0.717) is 0 Å². The number of H-pyrrole nitrogens is 1. The third-order valence-electron chi connectivity index (χ3n) is 5.67. The SMILES string of the molecule is NC(=O)C(Cc1c[nH]c2ccccc12)NC(=O)C(CCC(=O)O)NC(=O)C(N)Cc1ccccc1. The number of hydrogen-bond donors (Lipinski definition) is 6. The van der Waals surface area contributed by atoms with Crippen LogP contribution in [0.1, 0.15) is 24.0 Å². The van der Waals surface area contributed by atoms with E-state index in [0.717, 1.165) is 22.0 Å². The molecule has 0 saturated carbocycles. The topological polar surface area (TPSA) is 180 Å². The van der Waals surface area contributed by atoms with Crippen molar-refractivity contribution in [1.29, 1.82) is 0 Å². The predicted octanol–water partition coefficient (Wildman–Crippen LogP) is 0.600. The second-order valence-corrected chi connectivity index (χ2v) is 8.32. The van der Waals surface area contributed by atoms with E-state index in [1.165, 1.54) is 0 Å². The lowest BCUT2D eigenvalue weighted by Crippen LogP contribution is -2.56. The highest BCUT2D eigenvalue weighted by atomic mass is 16.4. The van der Waals surface area contributed by atoms with Crippen LogP contribution in [0.15, 0.2) is 60.8 Å². The summed E-state index contributed by atoms with van der Waals surface area (Å²) in [5.41, 5.74) is 14.0. The molecule has 0 aliphatic carbocycles. The first kappa shape index (κ1) is 25.4. The fourth-order valence-electron chi connectivity index (χ4n) is 3.79. The minimum atomic E-state index is -1.20. The quantitative estimate of drug-likeness (QED) is 0.221. The van der Waals surface area contributed by atoms with Gasteiger partial charge in [0.1, 0.15) is 12.1 Å². The van der Waals surface area contributed by atoms with E-state index in [4.69, 9.17) is 16.6 Å². The number of carboxylic acid groups (broad SMARTS) is 1. The van der Waals surface area contributed by atoms with E-state index in [2.05, 4.69) is 15.6 Å². The summed E-state index contributed by atoms with van der Waals surface area (Å²) in [4.78, 5) is 52.0. The number of primary amides is 1. The first-order chi connectivity index (χ1) is 16.7. The van der Waals surface area contributed by atoms with Gasteiger partial charge in [-0.25, -0.2) is 0 Å². The van der Waals surface area contributed by atoms with Crippen molar-refractivity contribution in [1.82, 2.24) is 15.6 Å². The highest BCUT2D eigenvalue weighted by Crippen LogP contribution is 2.19. The smallest absolute Gasteiger partial charge is 0.303 e. The van der Waals surface area contributed by atoms with Gasteiger partial charge >= 0.3 is 5.97 Å². The number of fused-ring (bicyclic) bond motifs is 1. The Balaban J connectivity index is 1.69. The van der Waals surface area contributed by atoms with Crippen molar-refractivity contribution in [2.24, 2.45) is 11.5 Å². The Morgan fingerprint density at radius 3 is 2.23 bits per heavy atom. The number of aromatic nitrogens is 1. The molecule has 3 atom stereocenters. The largest absolute Gasteiger partial charge is 0.481 e. The maximum atomic E-state index is 13.0. The molecule has 0 spiro atoms. The molecule has 3 amide bonds. The number of aliphatic carboxylic acids is 1. The number of carbonyl (C=O) groups is 4. The van der Waals surface area contributed by atoms with Crippen molar-refractivity contribution in [3.63, 3.8) is 0 Å². The number of carbonyl (C=O) groups excluding carboxylic acids is 3. The molecule has 10 heteroatoms. The number of nitrogens with two attached hydrogens (primary N) is 2. The molecule has 10 nitrogen and oxygen atoms in total. The standard InChI is InChI=1S/C25H29N5O5/c26-18(12-15-6-2-1-3-7-15)24(34)29-20(10-11-22(31)32)25(35)30-21(23(27)33)13-16-14-28-19-9-5-4-8-17(16)19/h1-9,14,18,20-21,28H,10-13,26H2,(H2,27,33)(H,29,34)(H,30,35)(H,31,32). The molecule has 0 saturated heterocycles. The second-order valence-electron chi connectivity index (χ2n) is 8.32. The van der Waals surface area contributed by atoms with Gasteiger partial charge in [-0.15, -0.1) is 0 Å². The van der Waals surface area contributed by atoms with Gasteiger partial charge in [0, 0.05) is 29.9 Å². The van der Waals surface area contributed by atoms with Crippen LogP contribution in [0.25, 0.3) is 10.9 Å². The average molecular weight is 480 g/mol. The summed E-state index contributed by atoms with van der Waals surface area (Å²) in [6, 6.07) is 13.4. The Labute approximate surface area is 202 Å². The molecule has 8 N–H and O–H groups in total. The Morgan fingerprint density at radius 1 is 0.886 bits per heavy atom. The minimum absolute atomic E-state index is 0.123. The van der Waals surface area contributed by atoms with E-state index < -0.39 is 41.8 Å². The maximum Gasteiger partial charge on any atom is 0.303 e. The van der Waals surface area contributed by atoms with Crippen molar-refractivity contribution < 1.29 is 24.3 Å². The number of carboxylic acids is 1. The van der Waals surface area contributed by atoms with Crippen LogP contribution >= 0.6 is 0 Å². The summed E-state index contributed by atoms with van der Waals surface area (Å²) in [7, 11) is 0. The number of rotatable bonds is 12. The molecule has 0 fully saturated rings. The van der Waals surface area contributed by atoms with Gasteiger partial charge < -0.3 is 32.2 Å². The van der Waals surface area contributed by atoms with E-state index in [1.54, 1.807) is 6.20 Å². The van der Waals surface area contributed by atoms with E-state index in [1.807, 2.05) is 54.6 Å². The third kappa shape index (κ3) is 7.15. The first-order valence-corrected chi connectivity index (χ1v) is 11.2. The fourth-order valence-corrected chi connectivity index (χ4v) is 3.79. The summed E-state index contributed by atoms with van der Waals surface area (Å²) in [6.07, 6.45) is 1.56. The van der Waals surface area contributed by atoms with Gasteiger partial charge in [0.05, 0.1) is 6.04 Å². The minimum Gasteiger partial charge on any atom is -0.481 e. The van der Waals surface area contributed by atoms with Crippen LogP contribution < -0.4 is 22.1 Å². The van der Waals surface area contributed by atoms with E-state index in [-0.39, 0.29) is 25.7 Å². The van der Waals surface area contributed by atoms with Crippen LogP contribution in [0.4, 0.5) is 0 Å². The molecule has 3 unspecified atom stereocenters. The number of aromatic amines is 1. The number of para-hydroxylation sites is 1. The van der Waals surface area contributed by atoms with Gasteiger partial charge in [0.2, 0.25) is 17.7 Å². The molecule has 3 rings (SSSR count). The van der Waals surface area contributed by atoms with Crippen LogP contribution in [0, 0.1) is 0 Å². The van der Waals surface area contributed by atoms with Crippen molar-refractivity contribution in [2.45, 2.75) is 43.8 Å². The zero-order valence-electron chi connectivity index (χ0n) is 19.1. The highest BCUT2D eigenvalue weighted by Gasteiger charge is 2.28. The summed E-state index contributed by atoms with van der Waals surface area (Å²) in [5.74, 6) is -3.20. The maximum absolute atomic E-state index is 13.0. The van der Waals surface area contributed by atoms with Gasteiger partial charge in [-0.05, 0) is 30.0 Å². The molecule has 0 bridgehead atoms. The number of amides is 3. The Kier molecular flexibility index (Phi) is 8.58. The molecular weight excluding hydrogens is 450 g/mol. The summed E-state index contributed by atoms with van der Waals surface area (Å²) < 4.78 is 0. The molecule has 0 aliphatic heterocycles. The lowest BCUT2D eigenvalue weighted by molar-refractivity contribution is -0.138. The first-order valence-electron chi connectivity index (χ1n) is 11.2. The zero-order valence-corrected chi connectivity index (χ0v) is 19.1. The monoisotopic (exact) mass is 479 g/mol. The summed E-state index contributed by atoms with van der Waals surface area (Å²) in [5, 5.41) is 15.1. The normalized spacial score (nSPS) is 13.5. The second kappa shape index (κ2) is 11.8. The molecule has 35 heavy (non-hydrogen) atoms. The van der Waals surface area contributed by atoms with Crippen LogP contribution in [0.5, 0.6) is 0 Å². The van der Waals surface area contributed by atoms with Gasteiger partial charge in [0.25, 0.3) is 0 Å². The fraction of sp³-hybridized carbons (Fsp3) is 0.280. The van der Waals surface area contributed by atoms with Gasteiger partial charge in [0.15, 0.2) is 0 Å².